The van der Waals surface area contributed by atoms with Crippen LogP contribution >= 0.6 is 11.1 Å². The van der Waals surface area contributed by atoms with E-state index in [9.17, 15) is 0 Å². The van der Waals surface area contributed by atoms with Crippen molar-refractivity contribution in [3.05, 3.63) is 0 Å². The van der Waals surface area contributed by atoms with Crippen LogP contribution in [-0.4, -0.2) is 7.38 Å². The Balaban J connectivity index is 3.85. The van der Waals surface area contributed by atoms with Gasteiger partial charge < -0.3 is 0 Å². The van der Waals surface area contributed by atoms with Gasteiger partial charge in [0.15, 0.2) is 7.38 Å². The highest BCUT2D eigenvalue weighted by Crippen LogP contribution is 2.32. The standard InChI is InChI=1S/C18H39ClSi/c1-4-7-10-12-13-15-18-20(19,16-9-6-3)17-14-11-8-5-2/h4-18H2,1-3H3. The molecule has 0 saturated heterocycles. The predicted octanol–water partition coefficient (Wildman–Crippen LogP) is 7.91. The zero-order valence-corrected chi connectivity index (χ0v) is 16.2. The van der Waals surface area contributed by atoms with Crippen LogP contribution in [0.3, 0.4) is 0 Å². The maximum atomic E-state index is 7.08. The first-order valence-corrected chi connectivity index (χ1v) is 13.0. The van der Waals surface area contributed by atoms with Gasteiger partial charge in [0.1, 0.15) is 0 Å². The molecule has 0 spiro atoms. The van der Waals surface area contributed by atoms with Crippen molar-refractivity contribution in [3.8, 4) is 0 Å². The van der Waals surface area contributed by atoms with Crippen LogP contribution in [0, 0.1) is 0 Å². The number of hydrogen-bond donors (Lipinski definition) is 0. The fourth-order valence-electron chi connectivity index (χ4n) is 2.96. The Bertz CT molecular complexity index is 196. The van der Waals surface area contributed by atoms with Crippen LogP contribution in [0.25, 0.3) is 0 Å². The summed E-state index contributed by atoms with van der Waals surface area (Å²) in [7, 11) is -1.42. The molecule has 0 rings (SSSR count). The topological polar surface area (TPSA) is 0 Å². The molecule has 0 aromatic heterocycles. The first kappa shape index (κ1) is 20.5. The molecule has 1 atom stereocenters. The lowest BCUT2D eigenvalue weighted by molar-refractivity contribution is 0.621. The molecular formula is C18H39ClSi. The highest BCUT2D eigenvalue weighted by molar-refractivity contribution is 7.20. The molecule has 0 aliphatic rings. The molecule has 0 aromatic carbocycles. The van der Waals surface area contributed by atoms with Crippen molar-refractivity contribution in [3.63, 3.8) is 0 Å². The Labute approximate surface area is 134 Å². The van der Waals surface area contributed by atoms with E-state index in [-0.39, 0.29) is 0 Å². The molecule has 0 amide bonds. The van der Waals surface area contributed by atoms with E-state index in [4.69, 9.17) is 11.1 Å². The van der Waals surface area contributed by atoms with Crippen LogP contribution in [0.15, 0.2) is 0 Å². The van der Waals surface area contributed by atoms with Gasteiger partial charge in [0, 0.05) is 0 Å². The minimum atomic E-state index is -1.42. The monoisotopic (exact) mass is 318 g/mol. The van der Waals surface area contributed by atoms with Crippen molar-refractivity contribution in [1.29, 1.82) is 0 Å². The molecule has 20 heavy (non-hydrogen) atoms. The third-order valence-electron chi connectivity index (χ3n) is 4.44. The van der Waals surface area contributed by atoms with Crippen LogP contribution in [0.5, 0.6) is 0 Å². The second-order valence-corrected chi connectivity index (χ2v) is 12.8. The van der Waals surface area contributed by atoms with Gasteiger partial charge in [-0.05, 0) is 18.1 Å². The van der Waals surface area contributed by atoms with E-state index in [0.717, 1.165) is 0 Å². The fraction of sp³-hybridized carbons (Fsp3) is 1.00. The van der Waals surface area contributed by atoms with Gasteiger partial charge in [0.25, 0.3) is 0 Å². The van der Waals surface area contributed by atoms with Crippen LogP contribution in [-0.2, 0) is 0 Å². The summed E-state index contributed by atoms with van der Waals surface area (Å²) in [5.41, 5.74) is 0. The lowest BCUT2D eigenvalue weighted by Gasteiger charge is -2.24. The molecule has 0 saturated carbocycles. The SMILES string of the molecule is CCCCCCCC[Si](Cl)(CCCC)CCCCCC. The van der Waals surface area contributed by atoms with Gasteiger partial charge in [-0.15, -0.1) is 0 Å². The van der Waals surface area contributed by atoms with Gasteiger partial charge in [0.2, 0.25) is 0 Å². The summed E-state index contributed by atoms with van der Waals surface area (Å²) in [6.07, 6.45) is 16.6. The zero-order chi connectivity index (χ0) is 15.1. The molecule has 0 heterocycles. The summed E-state index contributed by atoms with van der Waals surface area (Å²) in [6, 6.07) is 4.13. The van der Waals surface area contributed by atoms with Gasteiger partial charge >= 0.3 is 0 Å². The van der Waals surface area contributed by atoms with Crippen LogP contribution in [0.4, 0.5) is 0 Å². The second kappa shape index (κ2) is 14.4. The molecular weight excluding hydrogens is 280 g/mol. The van der Waals surface area contributed by atoms with Crippen molar-refractivity contribution >= 4 is 18.5 Å². The van der Waals surface area contributed by atoms with Crippen LogP contribution in [0.1, 0.15) is 97.8 Å². The molecule has 0 aliphatic heterocycles. The maximum absolute atomic E-state index is 7.08. The molecule has 0 radical (unpaired) electrons. The third kappa shape index (κ3) is 12.3. The molecule has 2 heteroatoms. The summed E-state index contributed by atoms with van der Waals surface area (Å²) < 4.78 is 0. The molecule has 0 aromatic rings. The summed E-state index contributed by atoms with van der Waals surface area (Å²) in [5, 5.41) is 0. The maximum Gasteiger partial charge on any atom is 0.156 e. The van der Waals surface area contributed by atoms with Gasteiger partial charge in [-0.1, -0.05) is 97.8 Å². The summed E-state index contributed by atoms with van der Waals surface area (Å²) in [4.78, 5) is 0. The Morgan fingerprint density at radius 3 is 1.35 bits per heavy atom. The molecule has 122 valence electrons. The number of unbranched alkanes of at least 4 members (excludes halogenated alkanes) is 9. The largest absolute Gasteiger partial charge is 0.167 e. The molecule has 0 aliphatic carbocycles. The van der Waals surface area contributed by atoms with Gasteiger partial charge in [0.05, 0.1) is 0 Å². The van der Waals surface area contributed by atoms with E-state index < -0.39 is 7.38 Å². The smallest absolute Gasteiger partial charge is 0.156 e. The van der Waals surface area contributed by atoms with Crippen molar-refractivity contribution < 1.29 is 0 Å². The highest BCUT2D eigenvalue weighted by atomic mass is 35.6. The van der Waals surface area contributed by atoms with Crippen molar-refractivity contribution in [2.75, 3.05) is 0 Å². The minimum Gasteiger partial charge on any atom is -0.167 e. The average molecular weight is 319 g/mol. The first-order chi connectivity index (χ1) is 9.68. The molecule has 0 bridgehead atoms. The van der Waals surface area contributed by atoms with Crippen LogP contribution < -0.4 is 0 Å². The first-order valence-electron chi connectivity index (χ1n) is 9.37. The predicted molar refractivity (Wildman–Crippen MR) is 98.5 cm³/mol. The van der Waals surface area contributed by atoms with Crippen LogP contribution in [0.2, 0.25) is 18.1 Å². The van der Waals surface area contributed by atoms with Gasteiger partial charge in [-0.2, -0.15) is 11.1 Å². The third-order valence-corrected chi connectivity index (χ3v) is 9.88. The molecule has 1 unspecified atom stereocenters. The fourth-order valence-corrected chi connectivity index (χ4v) is 7.67. The zero-order valence-electron chi connectivity index (χ0n) is 14.5. The molecule has 0 nitrogen and oxygen atoms in total. The highest BCUT2D eigenvalue weighted by Gasteiger charge is 2.28. The summed E-state index contributed by atoms with van der Waals surface area (Å²) in [5.74, 6) is 0. The van der Waals surface area contributed by atoms with Gasteiger partial charge in [-0.25, -0.2) is 0 Å². The molecule has 0 N–H and O–H groups in total. The van der Waals surface area contributed by atoms with Crippen molar-refractivity contribution in [2.45, 2.75) is 116 Å². The lowest BCUT2D eigenvalue weighted by Crippen LogP contribution is -2.26. The minimum absolute atomic E-state index is 1.31. The van der Waals surface area contributed by atoms with Crippen molar-refractivity contribution in [1.82, 2.24) is 0 Å². The Kier molecular flexibility index (Phi) is 14.8. The normalized spacial score (nSPS) is 14.4. The Morgan fingerprint density at radius 2 is 0.850 bits per heavy atom. The lowest BCUT2D eigenvalue weighted by atomic mass is 10.1. The number of rotatable bonds is 15. The summed E-state index contributed by atoms with van der Waals surface area (Å²) in [6.45, 7) is 6.88. The van der Waals surface area contributed by atoms with Crippen molar-refractivity contribution in [2.24, 2.45) is 0 Å². The van der Waals surface area contributed by atoms with E-state index in [0.29, 0.717) is 0 Å². The Morgan fingerprint density at radius 1 is 0.500 bits per heavy atom. The number of halogens is 1. The summed E-state index contributed by atoms with van der Waals surface area (Å²) >= 11 is 7.08. The van der Waals surface area contributed by atoms with Gasteiger partial charge in [-0.3, -0.25) is 0 Å². The van der Waals surface area contributed by atoms with E-state index in [1.165, 1.54) is 95.2 Å². The van der Waals surface area contributed by atoms with E-state index in [1.807, 2.05) is 0 Å². The second-order valence-electron chi connectivity index (χ2n) is 6.58. The van der Waals surface area contributed by atoms with E-state index >= 15 is 0 Å². The average Bonchev–Trinajstić information content (AvgIpc) is 2.45. The quantitative estimate of drug-likeness (QED) is 0.163. The Hall–Kier alpha value is 0.507. The van der Waals surface area contributed by atoms with E-state index in [1.54, 1.807) is 0 Å². The number of hydrogen-bond acceptors (Lipinski definition) is 0. The van der Waals surface area contributed by atoms with E-state index in [2.05, 4.69) is 20.8 Å². The molecule has 0 fully saturated rings.